The van der Waals surface area contributed by atoms with E-state index in [1.54, 1.807) is 23.1 Å². The molecule has 0 saturated heterocycles. The van der Waals surface area contributed by atoms with Crippen LogP contribution in [0.5, 0.6) is 0 Å². The number of nitrogens with zero attached hydrogens (tertiary/aromatic N) is 5. The van der Waals surface area contributed by atoms with Gasteiger partial charge in [-0.3, -0.25) is 4.79 Å². The molecule has 0 atom stereocenters. The second-order valence-electron chi connectivity index (χ2n) is 9.02. The zero-order chi connectivity index (χ0) is 24.3. The molecule has 1 N–H and O–H groups in total. The van der Waals surface area contributed by atoms with Gasteiger partial charge in [0.15, 0.2) is 10.9 Å². The molecule has 1 aliphatic rings. The SMILES string of the molecule is O=C(NC1CCCCCCCCCCC1)c1nnn(-c2ccc(Br)cc2)c1CSc1ncccn1. The van der Waals surface area contributed by atoms with Crippen molar-refractivity contribution in [3.63, 3.8) is 0 Å². The Morgan fingerprint density at radius 3 is 2.17 bits per heavy atom. The largest absolute Gasteiger partial charge is 0.348 e. The lowest BCUT2D eigenvalue weighted by Crippen LogP contribution is -2.35. The van der Waals surface area contributed by atoms with Crippen LogP contribution in [0.25, 0.3) is 5.69 Å². The lowest BCUT2D eigenvalue weighted by atomic mass is 9.98. The minimum absolute atomic E-state index is 0.143. The van der Waals surface area contributed by atoms with Gasteiger partial charge in [-0.15, -0.1) is 5.10 Å². The van der Waals surface area contributed by atoms with E-state index in [1.165, 1.54) is 56.7 Å². The van der Waals surface area contributed by atoms with Crippen molar-refractivity contribution in [1.29, 1.82) is 0 Å². The van der Waals surface area contributed by atoms with Crippen molar-refractivity contribution in [3.8, 4) is 5.69 Å². The van der Waals surface area contributed by atoms with E-state index in [-0.39, 0.29) is 11.9 Å². The van der Waals surface area contributed by atoms with Gasteiger partial charge in [-0.1, -0.05) is 90.7 Å². The number of halogens is 1. The smallest absolute Gasteiger partial charge is 0.274 e. The van der Waals surface area contributed by atoms with E-state index in [9.17, 15) is 4.79 Å². The molecule has 0 aliphatic heterocycles. The quantitative estimate of drug-likeness (QED) is 0.275. The fourth-order valence-electron chi connectivity index (χ4n) is 4.45. The molecule has 1 aromatic carbocycles. The van der Waals surface area contributed by atoms with Crippen LogP contribution in [-0.4, -0.2) is 36.9 Å². The first-order valence-corrected chi connectivity index (χ1v) is 14.4. The lowest BCUT2D eigenvalue weighted by Gasteiger charge is -2.19. The Bertz CT molecular complexity index is 1050. The van der Waals surface area contributed by atoms with Gasteiger partial charge in [0.05, 0.1) is 11.4 Å². The number of hydrogen-bond donors (Lipinski definition) is 1. The van der Waals surface area contributed by atoms with Gasteiger partial charge in [-0.25, -0.2) is 14.6 Å². The Morgan fingerprint density at radius 2 is 1.54 bits per heavy atom. The molecule has 1 amide bonds. The molecular formula is C26H33BrN6OS. The zero-order valence-corrected chi connectivity index (χ0v) is 22.4. The summed E-state index contributed by atoms with van der Waals surface area (Å²) in [6.45, 7) is 0. The van der Waals surface area contributed by atoms with E-state index in [0.717, 1.165) is 41.5 Å². The minimum Gasteiger partial charge on any atom is -0.348 e. The van der Waals surface area contributed by atoms with Crippen molar-refractivity contribution in [3.05, 3.63) is 58.6 Å². The second kappa shape index (κ2) is 13.7. The zero-order valence-electron chi connectivity index (χ0n) is 20.0. The third-order valence-corrected chi connectivity index (χ3v) is 7.79. The van der Waals surface area contributed by atoms with Gasteiger partial charge < -0.3 is 5.32 Å². The Morgan fingerprint density at radius 1 is 0.943 bits per heavy atom. The van der Waals surface area contributed by atoms with Crippen molar-refractivity contribution in [2.45, 2.75) is 87.6 Å². The van der Waals surface area contributed by atoms with Gasteiger partial charge >= 0.3 is 0 Å². The molecule has 1 fully saturated rings. The summed E-state index contributed by atoms with van der Waals surface area (Å²) in [7, 11) is 0. The molecule has 3 aromatic rings. The van der Waals surface area contributed by atoms with Crippen LogP contribution in [0.4, 0.5) is 0 Å². The van der Waals surface area contributed by atoms with Crippen LogP contribution in [0, 0.1) is 0 Å². The highest BCUT2D eigenvalue weighted by Crippen LogP contribution is 2.24. The fourth-order valence-corrected chi connectivity index (χ4v) is 5.51. The maximum Gasteiger partial charge on any atom is 0.274 e. The van der Waals surface area contributed by atoms with Crippen molar-refractivity contribution in [1.82, 2.24) is 30.3 Å². The summed E-state index contributed by atoms with van der Waals surface area (Å²) >= 11 is 4.95. The number of benzene rings is 1. The van der Waals surface area contributed by atoms with E-state index in [1.807, 2.05) is 24.3 Å². The molecule has 1 saturated carbocycles. The number of carbonyl (C=O) groups is 1. The monoisotopic (exact) mass is 556 g/mol. The number of aromatic nitrogens is 5. The van der Waals surface area contributed by atoms with Crippen LogP contribution in [-0.2, 0) is 5.75 Å². The molecule has 9 heteroatoms. The van der Waals surface area contributed by atoms with E-state index in [2.05, 4.69) is 41.5 Å². The molecule has 35 heavy (non-hydrogen) atoms. The van der Waals surface area contributed by atoms with Crippen LogP contribution in [0.3, 0.4) is 0 Å². The average Bonchev–Trinajstić information content (AvgIpc) is 3.29. The summed E-state index contributed by atoms with van der Waals surface area (Å²) in [5, 5.41) is 12.6. The number of thioether (sulfide) groups is 1. The number of amides is 1. The second-order valence-corrected chi connectivity index (χ2v) is 10.9. The molecule has 0 unspecified atom stereocenters. The van der Waals surface area contributed by atoms with Crippen LogP contribution in [0.2, 0.25) is 0 Å². The van der Waals surface area contributed by atoms with E-state index < -0.39 is 0 Å². The molecular weight excluding hydrogens is 524 g/mol. The van der Waals surface area contributed by atoms with Crippen LogP contribution < -0.4 is 5.32 Å². The molecule has 186 valence electrons. The summed E-state index contributed by atoms with van der Waals surface area (Å²) < 4.78 is 2.73. The highest BCUT2D eigenvalue weighted by atomic mass is 79.9. The van der Waals surface area contributed by atoms with Crippen molar-refractivity contribution in [2.24, 2.45) is 0 Å². The topological polar surface area (TPSA) is 85.6 Å². The highest BCUT2D eigenvalue weighted by molar-refractivity contribution is 9.10. The molecule has 0 radical (unpaired) electrons. The Labute approximate surface area is 220 Å². The minimum atomic E-state index is -0.143. The standard InChI is InChI=1S/C26H33BrN6OS/c27-20-13-15-22(16-14-20)33-23(19-35-26-28-17-10-18-29-26)24(31-32-33)25(34)30-21-11-8-6-4-2-1-3-5-7-9-12-21/h10,13-18,21H,1-9,11-12,19H2,(H,30,34). The lowest BCUT2D eigenvalue weighted by molar-refractivity contribution is 0.0925. The molecule has 0 spiro atoms. The summed E-state index contributed by atoms with van der Waals surface area (Å²) in [5.41, 5.74) is 1.98. The third-order valence-electron chi connectivity index (χ3n) is 6.37. The number of rotatable bonds is 6. The molecule has 2 heterocycles. The summed E-state index contributed by atoms with van der Waals surface area (Å²) in [6.07, 6.45) is 16.9. The van der Waals surface area contributed by atoms with Gasteiger partial charge in [0, 0.05) is 28.7 Å². The van der Waals surface area contributed by atoms with Gasteiger partial charge in [0.2, 0.25) is 0 Å². The number of carbonyl (C=O) groups excluding carboxylic acids is 1. The first-order chi connectivity index (χ1) is 17.2. The maximum absolute atomic E-state index is 13.4. The van der Waals surface area contributed by atoms with E-state index >= 15 is 0 Å². The van der Waals surface area contributed by atoms with Gasteiger partial charge in [-0.05, 0) is 43.2 Å². The van der Waals surface area contributed by atoms with Crippen molar-refractivity contribution < 1.29 is 4.79 Å². The Kier molecular flexibility index (Phi) is 10.1. The normalized spacial score (nSPS) is 16.3. The van der Waals surface area contributed by atoms with Gasteiger partial charge in [0.1, 0.15) is 0 Å². The first kappa shape index (κ1) is 25.8. The summed E-state index contributed by atoms with van der Waals surface area (Å²) in [5.74, 6) is 0.343. The molecule has 1 aliphatic carbocycles. The Balaban J connectivity index is 1.52. The van der Waals surface area contributed by atoms with Crippen LogP contribution in [0.15, 0.2) is 52.4 Å². The first-order valence-electron chi connectivity index (χ1n) is 12.6. The fraction of sp³-hybridized carbons (Fsp3) is 0.500. The highest BCUT2D eigenvalue weighted by Gasteiger charge is 2.23. The van der Waals surface area contributed by atoms with Crippen molar-refractivity contribution in [2.75, 3.05) is 0 Å². The van der Waals surface area contributed by atoms with Gasteiger partial charge in [0.25, 0.3) is 5.91 Å². The summed E-state index contributed by atoms with van der Waals surface area (Å²) in [4.78, 5) is 22.1. The molecule has 0 bridgehead atoms. The van der Waals surface area contributed by atoms with E-state index in [4.69, 9.17) is 0 Å². The number of hydrogen-bond acceptors (Lipinski definition) is 6. The number of nitrogens with one attached hydrogen (secondary N) is 1. The molecule has 7 nitrogen and oxygen atoms in total. The van der Waals surface area contributed by atoms with Gasteiger partial charge in [-0.2, -0.15) is 0 Å². The van der Waals surface area contributed by atoms with Crippen molar-refractivity contribution >= 4 is 33.6 Å². The van der Waals surface area contributed by atoms with Crippen LogP contribution in [0.1, 0.15) is 86.8 Å². The summed E-state index contributed by atoms with van der Waals surface area (Å²) in [6, 6.07) is 9.80. The van der Waals surface area contributed by atoms with Crippen LogP contribution >= 0.6 is 27.7 Å². The predicted molar refractivity (Wildman–Crippen MR) is 143 cm³/mol. The molecule has 2 aromatic heterocycles. The van der Waals surface area contributed by atoms with E-state index in [0.29, 0.717) is 16.6 Å². The predicted octanol–water partition coefficient (Wildman–Crippen LogP) is 6.52. The maximum atomic E-state index is 13.4. The average molecular weight is 558 g/mol. The molecule has 4 rings (SSSR count). The Hall–Kier alpha value is -2.26. The third kappa shape index (κ3) is 7.87.